The Bertz CT molecular complexity index is 4070. The van der Waals surface area contributed by atoms with E-state index >= 15 is 0 Å². The summed E-state index contributed by atoms with van der Waals surface area (Å²) in [5.41, 5.74) is 21.0. The molecule has 340 valence electrons. The van der Waals surface area contributed by atoms with Crippen molar-refractivity contribution in [3.05, 3.63) is 252 Å². The third-order valence-corrected chi connectivity index (χ3v) is 16.1. The lowest BCUT2D eigenvalue weighted by atomic mass is 9.80. The average Bonchev–Trinajstić information content (AvgIpc) is 3.95. The molecule has 3 heteroatoms. The van der Waals surface area contributed by atoms with Crippen LogP contribution in [0.5, 0.6) is 0 Å². The van der Waals surface area contributed by atoms with E-state index in [4.69, 9.17) is 0 Å². The Balaban J connectivity index is 0.998. The summed E-state index contributed by atoms with van der Waals surface area (Å²) in [6.45, 7) is 9.55. The van der Waals surface area contributed by atoms with E-state index in [1.54, 1.807) is 0 Å². The summed E-state index contributed by atoms with van der Waals surface area (Å²) in [5, 5.41) is 7.28. The average molecular weight is 912 g/mol. The van der Waals surface area contributed by atoms with Gasteiger partial charge in [-0.15, -0.1) is 0 Å². The van der Waals surface area contributed by atoms with Crippen molar-refractivity contribution >= 4 is 83.0 Å². The van der Waals surface area contributed by atoms with Crippen LogP contribution in [0.1, 0.15) is 62.8 Å². The second-order valence-electron chi connectivity index (χ2n) is 20.9. The maximum Gasteiger partial charge on any atom is 0.0542 e. The summed E-state index contributed by atoms with van der Waals surface area (Å²) in [7, 11) is 0. The smallest absolute Gasteiger partial charge is 0.0542 e. The maximum absolute atomic E-state index is 2.48. The highest BCUT2D eigenvalue weighted by molar-refractivity contribution is 6.12. The van der Waals surface area contributed by atoms with E-state index in [1.165, 1.54) is 76.8 Å². The minimum absolute atomic E-state index is 0.0917. The van der Waals surface area contributed by atoms with E-state index in [2.05, 4.69) is 267 Å². The number of aromatic nitrogens is 1. The SMILES string of the molecule is CC1(C)C2=CCCC=C2c2ccc(N(c3ccc4ccccc4c3)c3ccc4c(c3)c3cc(N(c5ccc6c(c5)C(C)(C)c5ccccc5-6)c5ccc6ccccc6c5)ccc3n4-c3ccccc3)cc21. The molecule has 3 nitrogen and oxygen atoms in total. The number of hydrogen-bond donors (Lipinski definition) is 0. The van der Waals surface area contributed by atoms with Gasteiger partial charge in [0, 0.05) is 61.4 Å². The van der Waals surface area contributed by atoms with Crippen molar-refractivity contribution in [3.63, 3.8) is 0 Å². The zero-order chi connectivity index (χ0) is 47.6. The van der Waals surface area contributed by atoms with Crippen LogP contribution in [0, 0.1) is 0 Å². The molecule has 10 aromatic carbocycles. The van der Waals surface area contributed by atoms with Gasteiger partial charge in [0.25, 0.3) is 0 Å². The fraction of sp³-hybridized carbons (Fsp3) is 0.118. The molecule has 1 aromatic heterocycles. The highest BCUT2D eigenvalue weighted by Gasteiger charge is 2.39. The van der Waals surface area contributed by atoms with Gasteiger partial charge in [0.05, 0.1) is 11.0 Å². The molecule has 0 aliphatic heterocycles. The van der Waals surface area contributed by atoms with E-state index in [0.717, 1.165) is 63.7 Å². The van der Waals surface area contributed by atoms with Crippen LogP contribution in [0.4, 0.5) is 34.1 Å². The Morgan fingerprint density at radius 3 is 1.42 bits per heavy atom. The van der Waals surface area contributed by atoms with Crippen LogP contribution in [0.15, 0.2) is 230 Å². The van der Waals surface area contributed by atoms with Crippen LogP contribution in [0.3, 0.4) is 0 Å². The van der Waals surface area contributed by atoms with Crippen molar-refractivity contribution in [2.24, 2.45) is 0 Å². The van der Waals surface area contributed by atoms with Gasteiger partial charge in [-0.05, 0) is 176 Å². The number of nitrogens with zero attached hydrogens (tertiary/aromatic N) is 3. The van der Waals surface area contributed by atoms with Gasteiger partial charge in [0.15, 0.2) is 0 Å². The number of hydrogen-bond acceptors (Lipinski definition) is 2. The van der Waals surface area contributed by atoms with Crippen molar-refractivity contribution in [2.75, 3.05) is 9.80 Å². The van der Waals surface area contributed by atoms with Gasteiger partial charge < -0.3 is 14.4 Å². The van der Waals surface area contributed by atoms with Gasteiger partial charge in [-0.1, -0.05) is 155 Å². The lowest BCUT2D eigenvalue weighted by molar-refractivity contribution is 0.654. The fourth-order valence-electron chi connectivity index (χ4n) is 12.6. The number of anilines is 6. The second-order valence-corrected chi connectivity index (χ2v) is 20.9. The molecule has 0 amide bonds. The maximum atomic E-state index is 2.48. The Morgan fingerprint density at radius 2 is 0.803 bits per heavy atom. The summed E-state index contributed by atoms with van der Waals surface area (Å²) in [6, 6.07) is 79.5. The van der Waals surface area contributed by atoms with Gasteiger partial charge >= 0.3 is 0 Å². The molecule has 0 saturated heterocycles. The van der Waals surface area contributed by atoms with Crippen LogP contribution in [-0.4, -0.2) is 4.57 Å². The summed E-state index contributed by atoms with van der Waals surface area (Å²) >= 11 is 0. The van der Waals surface area contributed by atoms with Crippen molar-refractivity contribution in [1.29, 1.82) is 0 Å². The molecule has 11 aromatic rings. The van der Waals surface area contributed by atoms with Gasteiger partial charge in [-0.25, -0.2) is 0 Å². The molecular formula is C68H53N3. The molecule has 0 atom stereocenters. The zero-order valence-corrected chi connectivity index (χ0v) is 40.6. The molecule has 0 spiro atoms. The standard InChI is InChI=1S/C68H53N3/c1-67(2)61-24-14-12-22-55(61)57-34-30-53(42-63(57)67)69(49-28-26-44-16-8-10-18-46(44)38-49)51-32-36-65-59(40-51)60-41-52(33-37-66(60)71(65)48-20-6-5-7-21-48)70(50-29-27-45-17-9-11-19-47(45)39-50)54-31-35-58-56-23-13-15-25-62(56)68(3,4)64(58)43-54/h5-12,14,16-43H,13,15H2,1-4H3. The van der Waals surface area contributed by atoms with Crippen molar-refractivity contribution in [1.82, 2.24) is 4.57 Å². The summed E-state index contributed by atoms with van der Waals surface area (Å²) in [4.78, 5) is 4.95. The largest absolute Gasteiger partial charge is 0.310 e. The van der Waals surface area contributed by atoms with Gasteiger partial charge in [-0.2, -0.15) is 0 Å². The first-order valence-corrected chi connectivity index (χ1v) is 25.2. The molecule has 0 bridgehead atoms. The molecule has 3 aliphatic rings. The van der Waals surface area contributed by atoms with Crippen LogP contribution in [0.2, 0.25) is 0 Å². The number of para-hydroxylation sites is 1. The Labute approximate surface area is 415 Å². The van der Waals surface area contributed by atoms with Gasteiger partial charge in [-0.3, -0.25) is 0 Å². The molecule has 14 rings (SSSR count). The minimum Gasteiger partial charge on any atom is -0.310 e. The van der Waals surface area contributed by atoms with E-state index in [9.17, 15) is 0 Å². The Kier molecular flexibility index (Phi) is 9.10. The lowest BCUT2D eigenvalue weighted by Crippen LogP contribution is -2.17. The number of fused-ring (bicyclic) bond motifs is 11. The first kappa shape index (κ1) is 41.6. The summed E-state index contributed by atoms with van der Waals surface area (Å²) in [6.07, 6.45) is 7.13. The van der Waals surface area contributed by atoms with Crippen molar-refractivity contribution < 1.29 is 0 Å². The molecule has 3 aliphatic carbocycles. The van der Waals surface area contributed by atoms with Crippen LogP contribution >= 0.6 is 0 Å². The van der Waals surface area contributed by atoms with Crippen LogP contribution in [-0.2, 0) is 10.8 Å². The third kappa shape index (κ3) is 6.35. The second kappa shape index (κ2) is 15.6. The quantitative estimate of drug-likeness (QED) is 0.158. The number of benzene rings is 10. The number of rotatable bonds is 7. The Hall–Kier alpha value is -8.40. The van der Waals surface area contributed by atoms with E-state index in [0.29, 0.717) is 0 Å². The van der Waals surface area contributed by atoms with Crippen molar-refractivity contribution in [3.8, 4) is 16.8 Å². The fourth-order valence-corrected chi connectivity index (χ4v) is 12.6. The molecule has 0 saturated carbocycles. The third-order valence-electron chi connectivity index (χ3n) is 16.1. The normalized spacial score (nSPS) is 15.0. The zero-order valence-electron chi connectivity index (χ0n) is 40.6. The van der Waals surface area contributed by atoms with Crippen LogP contribution < -0.4 is 9.80 Å². The van der Waals surface area contributed by atoms with Crippen molar-refractivity contribution in [2.45, 2.75) is 51.4 Å². The minimum atomic E-state index is -0.140. The lowest BCUT2D eigenvalue weighted by Gasteiger charge is -2.29. The molecular weight excluding hydrogens is 859 g/mol. The highest BCUT2D eigenvalue weighted by Crippen LogP contribution is 2.54. The summed E-state index contributed by atoms with van der Waals surface area (Å²) < 4.78 is 2.44. The predicted molar refractivity (Wildman–Crippen MR) is 301 cm³/mol. The first-order valence-electron chi connectivity index (χ1n) is 25.2. The molecule has 1 heterocycles. The summed E-state index contributed by atoms with van der Waals surface area (Å²) in [5.74, 6) is 0. The number of allylic oxidation sites excluding steroid dienone is 4. The van der Waals surface area contributed by atoms with E-state index < -0.39 is 0 Å². The molecule has 0 N–H and O–H groups in total. The highest BCUT2D eigenvalue weighted by atomic mass is 15.2. The van der Waals surface area contributed by atoms with Gasteiger partial charge in [0.1, 0.15) is 0 Å². The van der Waals surface area contributed by atoms with Crippen LogP contribution in [0.25, 0.3) is 65.7 Å². The van der Waals surface area contributed by atoms with Gasteiger partial charge in [0.2, 0.25) is 0 Å². The van der Waals surface area contributed by atoms with E-state index in [-0.39, 0.29) is 10.8 Å². The predicted octanol–water partition coefficient (Wildman–Crippen LogP) is 18.7. The first-order chi connectivity index (χ1) is 34.7. The molecule has 71 heavy (non-hydrogen) atoms. The topological polar surface area (TPSA) is 11.4 Å². The van der Waals surface area contributed by atoms with E-state index in [1.807, 2.05) is 0 Å². The molecule has 0 radical (unpaired) electrons. The molecule has 0 fully saturated rings. The Morgan fingerprint density at radius 1 is 0.352 bits per heavy atom. The monoisotopic (exact) mass is 911 g/mol. The molecule has 0 unspecified atom stereocenters.